The average Bonchev–Trinajstić information content (AvgIpc) is 2.40. The molecule has 2 amide bonds. The molecule has 19 heavy (non-hydrogen) atoms. The van der Waals surface area contributed by atoms with E-state index >= 15 is 0 Å². The molecule has 0 aliphatic carbocycles. The van der Waals surface area contributed by atoms with E-state index in [1.165, 1.54) is 0 Å². The predicted octanol–water partition coefficient (Wildman–Crippen LogP) is 1.79. The number of nitrogens with one attached hydrogen (secondary N) is 2. The second-order valence-electron chi connectivity index (χ2n) is 3.60. The Kier molecular flexibility index (Phi) is 12.9. The van der Waals surface area contributed by atoms with Crippen LogP contribution in [-0.4, -0.2) is 41.5 Å². The van der Waals surface area contributed by atoms with Crippen molar-refractivity contribution in [3.05, 3.63) is 25.3 Å². The second kappa shape index (κ2) is 13.5. The molecule has 0 aliphatic heterocycles. The lowest BCUT2D eigenvalue weighted by atomic mass is 10.4. The van der Waals surface area contributed by atoms with Crippen LogP contribution >= 0.6 is 23.5 Å². The molecule has 0 bridgehead atoms. The molecule has 4 nitrogen and oxygen atoms in total. The van der Waals surface area contributed by atoms with Gasteiger partial charge >= 0.3 is 0 Å². The second-order valence-corrected chi connectivity index (χ2v) is 5.90. The summed E-state index contributed by atoms with van der Waals surface area (Å²) in [5.41, 5.74) is 0. The molecule has 108 valence electrons. The van der Waals surface area contributed by atoms with Gasteiger partial charge in [0.25, 0.3) is 0 Å². The Morgan fingerprint density at radius 2 is 1.32 bits per heavy atom. The Hall–Kier alpha value is -0.880. The van der Waals surface area contributed by atoms with Gasteiger partial charge in [-0.15, -0.1) is 13.2 Å². The molecule has 0 heterocycles. The molecule has 0 aliphatic rings. The normalized spacial score (nSPS) is 9.68. The van der Waals surface area contributed by atoms with Gasteiger partial charge in [-0.3, -0.25) is 9.59 Å². The number of hydrogen-bond acceptors (Lipinski definition) is 4. The zero-order valence-corrected chi connectivity index (χ0v) is 12.8. The molecule has 0 unspecified atom stereocenters. The van der Waals surface area contributed by atoms with Gasteiger partial charge in [-0.1, -0.05) is 12.2 Å². The predicted molar refractivity (Wildman–Crippen MR) is 85.4 cm³/mol. The quantitative estimate of drug-likeness (QED) is 0.328. The third-order valence-electron chi connectivity index (χ3n) is 1.99. The smallest absolute Gasteiger partial charge is 0.222 e. The van der Waals surface area contributed by atoms with Crippen molar-refractivity contribution in [1.82, 2.24) is 10.6 Å². The van der Waals surface area contributed by atoms with E-state index in [1.54, 1.807) is 23.5 Å². The van der Waals surface area contributed by atoms with E-state index in [4.69, 9.17) is 0 Å². The van der Waals surface area contributed by atoms with Crippen molar-refractivity contribution in [3.63, 3.8) is 0 Å². The number of carbonyl (C=O) groups excluding carboxylic acids is 2. The zero-order valence-electron chi connectivity index (χ0n) is 11.2. The molecular formula is C13H22N2O2S2. The number of rotatable bonds is 12. The Morgan fingerprint density at radius 3 is 1.68 bits per heavy atom. The van der Waals surface area contributed by atoms with Crippen LogP contribution in [0.4, 0.5) is 0 Å². The summed E-state index contributed by atoms with van der Waals surface area (Å²) in [6.45, 7) is 7.42. The summed E-state index contributed by atoms with van der Waals surface area (Å²) in [5.74, 6) is 3.16. The number of carbonyl (C=O) groups is 2. The number of amides is 2. The van der Waals surface area contributed by atoms with E-state index in [2.05, 4.69) is 23.8 Å². The first-order valence-electron chi connectivity index (χ1n) is 6.11. The van der Waals surface area contributed by atoms with Crippen molar-refractivity contribution >= 4 is 35.3 Å². The van der Waals surface area contributed by atoms with Crippen LogP contribution in [0.15, 0.2) is 25.3 Å². The van der Waals surface area contributed by atoms with Crippen molar-refractivity contribution in [2.24, 2.45) is 0 Å². The highest BCUT2D eigenvalue weighted by Crippen LogP contribution is 2.02. The molecule has 0 atom stereocenters. The minimum atomic E-state index is -0.0436. The van der Waals surface area contributed by atoms with Crippen molar-refractivity contribution in [2.75, 3.05) is 29.7 Å². The molecule has 0 radical (unpaired) electrons. The topological polar surface area (TPSA) is 58.2 Å². The summed E-state index contributed by atoms with van der Waals surface area (Å²) in [6, 6.07) is 0. The maximum Gasteiger partial charge on any atom is 0.222 e. The van der Waals surface area contributed by atoms with Crippen molar-refractivity contribution < 1.29 is 9.59 Å². The van der Waals surface area contributed by atoms with E-state index in [1.807, 2.05) is 12.2 Å². The van der Waals surface area contributed by atoms with Gasteiger partial charge in [0, 0.05) is 35.9 Å². The van der Waals surface area contributed by atoms with Gasteiger partial charge in [-0.05, 0) is 0 Å². The van der Waals surface area contributed by atoms with Gasteiger partial charge in [0.1, 0.15) is 0 Å². The van der Waals surface area contributed by atoms with Gasteiger partial charge in [0.05, 0.1) is 6.67 Å². The summed E-state index contributed by atoms with van der Waals surface area (Å²) in [4.78, 5) is 22.7. The van der Waals surface area contributed by atoms with E-state index in [-0.39, 0.29) is 18.5 Å². The molecule has 0 fully saturated rings. The van der Waals surface area contributed by atoms with Crippen LogP contribution in [0.1, 0.15) is 12.8 Å². The van der Waals surface area contributed by atoms with E-state index < -0.39 is 0 Å². The lowest BCUT2D eigenvalue weighted by Crippen LogP contribution is -2.37. The first-order valence-corrected chi connectivity index (χ1v) is 8.42. The molecule has 0 rings (SSSR count). The summed E-state index contributed by atoms with van der Waals surface area (Å²) < 4.78 is 0. The molecule has 0 aromatic rings. The molecule has 0 saturated heterocycles. The van der Waals surface area contributed by atoms with Crippen LogP contribution in [0.3, 0.4) is 0 Å². The van der Waals surface area contributed by atoms with Crippen LogP contribution in [-0.2, 0) is 9.59 Å². The van der Waals surface area contributed by atoms with E-state index in [0.717, 1.165) is 23.0 Å². The minimum Gasteiger partial charge on any atom is -0.339 e. The van der Waals surface area contributed by atoms with Crippen LogP contribution < -0.4 is 10.6 Å². The van der Waals surface area contributed by atoms with Crippen LogP contribution in [0.2, 0.25) is 0 Å². The van der Waals surface area contributed by atoms with Gasteiger partial charge in [0.2, 0.25) is 11.8 Å². The third kappa shape index (κ3) is 13.4. The van der Waals surface area contributed by atoms with E-state index in [9.17, 15) is 9.59 Å². The Labute approximate surface area is 123 Å². The fourth-order valence-electron chi connectivity index (χ4n) is 1.08. The van der Waals surface area contributed by atoms with Crippen LogP contribution in [0.5, 0.6) is 0 Å². The summed E-state index contributed by atoms with van der Waals surface area (Å²) in [5, 5.41) is 5.32. The highest BCUT2D eigenvalue weighted by Gasteiger charge is 2.02. The summed E-state index contributed by atoms with van der Waals surface area (Å²) in [7, 11) is 0. The third-order valence-corrected chi connectivity index (χ3v) is 3.92. The monoisotopic (exact) mass is 302 g/mol. The largest absolute Gasteiger partial charge is 0.339 e. The first-order chi connectivity index (χ1) is 9.20. The molecule has 0 aromatic carbocycles. The fourth-order valence-corrected chi connectivity index (χ4v) is 2.41. The Morgan fingerprint density at radius 1 is 0.895 bits per heavy atom. The summed E-state index contributed by atoms with van der Waals surface area (Å²) in [6.07, 6.45) is 4.55. The maximum atomic E-state index is 11.4. The Bertz CT molecular complexity index is 268. The standard InChI is InChI=1S/C13H22N2O2S2/c1-3-7-18-9-5-12(16)14-11-15-13(17)6-10-19-8-4-2/h3-4H,1-2,5-11H2,(H,14,16)(H,15,17). The molecule has 0 spiro atoms. The van der Waals surface area contributed by atoms with Crippen LogP contribution in [0.25, 0.3) is 0 Å². The number of hydrogen-bond donors (Lipinski definition) is 2. The van der Waals surface area contributed by atoms with Crippen molar-refractivity contribution in [2.45, 2.75) is 12.8 Å². The molecule has 0 aromatic heterocycles. The molecular weight excluding hydrogens is 280 g/mol. The van der Waals surface area contributed by atoms with Crippen molar-refractivity contribution in [3.8, 4) is 0 Å². The van der Waals surface area contributed by atoms with E-state index in [0.29, 0.717) is 12.8 Å². The van der Waals surface area contributed by atoms with Crippen LogP contribution in [0, 0.1) is 0 Å². The average molecular weight is 302 g/mol. The number of thioether (sulfide) groups is 2. The van der Waals surface area contributed by atoms with Gasteiger partial charge < -0.3 is 10.6 Å². The summed E-state index contributed by atoms with van der Waals surface area (Å²) >= 11 is 3.32. The zero-order chi connectivity index (χ0) is 14.3. The molecule has 0 saturated carbocycles. The maximum absolute atomic E-state index is 11.4. The van der Waals surface area contributed by atoms with Gasteiger partial charge in [0.15, 0.2) is 0 Å². The lowest BCUT2D eigenvalue weighted by Gasteiger charge is -2.07. The lowest BCUT2D eigenvalue weighted by molar-refractivity contribution is -0.122. The molecule has 2 N–H and O–H groups in total. The van der Waals surface area contributed by atoms with Crippen molar-refractivity contribution in [1.29, 1.82) is 0 Å². The van der Waals surface area contributed by atoms with Gasteiger partial charge in [-0.25, -0.2) is 0 Å². The Balaban J connectivity index is 3.40. The van der Waals surface area contributed by atoms with Gasteiger partial charge in [-0.2, -0.15) is 23.5 Å². The first kappa shape index (κ1) is 18.1. The fraction of sp³-hybridized carbons (Fsp3) is 0.538. The SMILES string of the molecule is C=CCSCCC(=O)NCNC(=O)CCSCC=C. The highest BCUT2D eigenvalue weighted by atomic mass is 32.2. The molecule has 6 heteroatoms. The minimum absolute atomic E-state index is 0.0436. The highest BCUT2D eigenvalue weighted by molar-refractivity contribution is 7.99.